The maximum Gasteiger partial charge on any atom is 0.263 e. The molecule has 0 radical (unpaired) electrons. The van der Waals surface area contributed by atoms with E-state index in [1.54, 1.807) is 0 Å². The maximum absolute atomic E-state index is 11.4. The first-order valence-corrected chi connectivity index (χ1v) is 5.88. The van der Waals surface area contributed by atoms with Gasteiger partial charge in [0.15, 0.2) is 0 Å². The second-order valence-corrected chi connectivity index (χ2v) is 5.14. The minimum Gasteiger partial charge on any atom is -0.307 e. The predicted molar refractivity (Wildman–Crippen MR) is 62.9 cm³/mol. The van der Waals surface area contributed by atoms with Gasteiger partial charge in [-0.3, -0.25) is 4.79 Å². The fourth-order valence-electron chi connectivity index (χ4n) is 1.62. The van der Waals surface area contributed by atoms with Gasteiger partial charge in [0.2, 0.25) is 0 Å². The van der Waals surface area contributed by atoms with Crippen molar-refractivity contribution in [3.63, 3.8) is 0 Å². The van der Waals surface area contributed by atoms with Gasteiger partial charge in [-0.05, 0) is 25.2 Å². The Morgan fingerprint density at radius 3 is 3.00 bits per heavy atom. The molecule has 1 aliphatic carbocycles. The maximum atomic E-state index is 11.4. The molecule has 1 unspecified atom stereocenters. The highest BCUT2D eigenvalue weighted by Gasteiger charge is 2.23. The summed E-state index contributed by atoms with van der Waals surface area (Å²) in [7, 11) is 0. The van der Waals surface area contributed by atoms with E-state index in [0.717, 1.165) is 24.2 Å². The molecule has 14 heavy (non-hydrogen) atoms. The van der Waals surface area contributed by atoms with E-state index in [1.807, 2.05) is 0 Å². The van der Waals surface area contributed by atoms with Gasteiger partial charge < -0.3 is 5.32 Å². The van der Waals surface area contributed by atoms with Gasteiger partial charge in [0, 0.05) is 0 Å². The molecule has 1 heterocycles. The number of nitrogens with one attached hydrogen (secondary N) is 1. The van der Waals surface area contributed by atoms with Crippen molar-refractivity contribution in [2.75, 3.05) is 0 Å². The lowest BCUT2D eigenvalue weighted by molar-refractivity contribution is -0.115. The number of carbonyl (C=O) groups excluding carboxylic acids is 1. The topological polar surface area (TPSA) is 29.1 Å². The van der Waals surface area contributed by atoms with Crippen LogP contribution in [0.1, 0.15) is 19.3 Å². The second-order valence-electron chi connectivity index (χ2n) is 3.42. The van der Waals surface area contributed by atoms with Crippen LogP contribution in [0.2, 0.25) is 0 Å². The van der Waals surface area contributed by atoms with E-state index in [1.165, 1.54) is 11.8 Å². The Kier molecular flexibility index (Phi) is 3.03. The Balaban J connectivity index is 2.06. The van der Waals surface area contributed by atoms with Crippen molar-refractivity contribution < 1.29 is 4.79 Å². The number of carbonyl (C=O) groups is 1. The molecule has 0 saturated carbocycles. The number of hydrogen-bond acceptors (Lipinski definition) is 3. The highest BCUT2D eigenvalue weighted by molar-refractivity contribution is 8.26. The van der Waals surface area contributed by atoms with Gasteiger partial charge in [0.25, 0.3) is 5.91 Å². The highest BCUT2D eigenvalue weighted by Crippen LogP contribution is 2.28. The van der Waals surface area contributed by atoms with Crippen LogP contribution in [0.25, 0.3) is 0 Å². The van der Waals surface area contributed by atoms with Crippen LogP contribution < -0.4 is 5.32 Å². The van der Waals surface area contributed by atoms with Crippen LogP contribution in [0.5, 0.6) is 0 Å². The van der Waals surface area contributed by atoms with Crippen molar-refractivity contribution in [2.24, 2.45) is 5.92 Å². The molecule has 1 aliphatic heterocycles. The van der Waals surface area contributed by atoms with Crippen molar-refractivity contribution in [3.8, 4) is 0 Å². The van der Waals surface area contributed by atoms with Crippen LogP contribution in [-0.2, 0) is 4.79 Å². The molecule has 4 heteroatoms. The fraction of sp³-hybridized carbons (Fsp3) is 0.400. The standard InChI is InChI=1S/C10H11NOS2/c12-9-8(14-10(13)11-9)6-7-4-2-1-3-5-7/h1-2,6-7H,3-5H2,(H,11,12,13)/b8-6-. The minimum absolute atomic E-state index is 0.0328. The van der Waals surface area contributed by atoms with Crippen LogP contribution in [0.15, 0.2) is 23.1 Å². The van der Waals surface area contributed by atoms with Crippen molar-refractivity contribution in [3.05, 3.63) is 23.1 Å². The molecule has 1 N–H and O–H groups in total. The Hall–Kier alpha value is -0.610. The smallest absolute Gasteiger partial charge is 0.263 e. The molecule has 1 atom stereocenters. The van der Waals surface area contributed by atoms with Crippen LogP contribution in [0.4, 0.5) is 0 Å². The number of amides is 1. The third kappa shape index (κ3) is 2.25. The van der Waals surface area contributed by atoms with Crippen LogP contribution in [0, 0.1) is 5.92 Å². The summed E-state index contributed by atoms with van der Waals surface area (Å²) in [5, 5.41) is 2.63. The van der Waals surface area contributed by atoms with Crippen LogP contribution in [0.3, 0.4) is 0 Å². The molecule has 2 rings (SSSR count). The zero-order valence-electron chi connectivity index (χ0n) is 7.66. The highest BCUT2D eigenvalue weighted by atomic mass is 32.2. The summed E-state index contributed by atoms with van der Waals surface area (Å²) in [5.74, 6) is 0.476. The van der Waals surface area contributed by atoms with Crippen LogP contribution >= 0.6 is 24.0 Å². The summed E-state index contributed by atoms with van der Waals surface area (Å²) in [6.07, 6.45) is 9.74. The van der Waals surface area contributed by atoms with Crippen molar-refractivity contribution >= 4 is 34.2 Å². The molecule has 1 amide bonds. The zero-order chi connectivity index (χ0) is 9.97. The quantitative estimate of drug-likeness (QED) is 0.422. The Morgan fingerprint density at radius 2 is 2.43 bits per heavy atom. The molecule has 2 nitrogen and oxygen atoms in total. The van der Waals surface area contributed by atoms with Gasteiger partial charge in [-0.25, -0.2) is 0 Å². The average Bonchev–Trinajstić information content (AvgIpc) is 2.47. The molecule has 0 bridgehead atoms. The second kappa shape index (κ2) is 4.28. The SMILES string of the molecule is O=C1NC(=S)S/C1=C\C1CC=CCC1. The van der Waals surface area contributed by atoms with Gasteiger partial charge >= 0.3 is 0 Å². The summed E-state index contributed by atoms with van der Waals surface area (Å²) < 4.78 is 0.576. The zero-order valence-corrected chi connectivity index (χ0v) is 9.29. The van der Waals surface area contributed by atoms with Gasteiger partial charge in [-0.2, -0.15) is 0 Å². The lowest BCUT2D eigenvalue weighted by atomic mass is 9.94. The molecule has 0 spiro atoms. The predicted octanol–water partition coefficient (Wildman–Crippen LogP) is 2.37. The Morgan fingerprint density at radius 1 is 1.57 bits per heavy atom. The summed E-state index contributed by atoms with van der Waals surface area (Å²) in [6.45, 7) is 0. The Labute approximate surface area is 92.8 Å². The fourth-order valence-corrected chi connectivity index (χ4v) is 2.73. The minimum atomic E-state index is -0.0328. The van der Waals surface area contributed by atoms with E-state index >= 15 is 0 Å². The van der Waals surface area contributed by atoms with E-state index in [2.05, 4.69) is 23.5 Å². The first-order valence-electron chi connectivity index (χ1n) is 4.65. The molecule has 74 valence electrons. The van der Waals surface area contributed by atoms with Crippen molar-refractivity contribution in [1.29, 1.82) is 0 Å². The molecule has 0 aromatic carbocycles. The summed E-state index contributed by atoms with van der Waals surface area (Å²) in [5.41, 5.74) is 0. The number of rotatable bonds is 1. The van der Waals surface area contributed by atoms with Crippen LogP contribution in [-0.4, -0.2) is 10.2 Å². The third-order valence-corrected chi connectivity index (χ3v) is 3.52. The monoisotopic (exact) mass is 225 g/mol. The first kappa shape index (κ1) is 9.93. The molecule has 1 fully saturated rings. The van der Waals surface area contributed by atoms with E-state index in [0.29, 0.717) is 10.2 Å². The van der Waals surface area contributed by atoms with E-state index < -0.39 is 0 Å². The number of hydrogen-bond donors (Lipinski definition) is 1. The Bertz CT molecular complexity index is 333. The van der Waals surface area contributed by atoms with Crippen molar-refractivity contribution in [2.45, 2.75) is 19.3 Å². The number of allylic oxidation sites excluding steroid dienone is 3. The van der Waals surface area contributed by atoms with E-state index in [4.69, 9.17) is 12.2 Å². The van der Waals surface area contributed by atoms with Gasteiger partial charge in [-0.15, -0.1) is 0 Å². The average molecular weight is 225 g/mol. The normalized spacial score (nSPS) is 29.7. The molecule has 0 aromatic rings. The largest absolute Gasteiger partial charge is 0.307 e. The molecule has 0 aromatic heterocycles. The molecular formula is C10H11NOS2. The van der Waals surface area contributed by atoms with Crippen molar-refractivity contribution in [1.82, 2.24) is 5.32 Å². The lowest BCUT2D eigenvalue weighted by Gasteiger charge is -2.13. The molecule has 2 aliphatic rings. The van der Waals surface area contributed by atoms with E-state index in [-0.39, 0.29) is 5.91 Å². The molecule has 1 saturated heterocycles. The summed E-state index contributed by atoms with van der Waals surface area (Å²) >= 11 is 6.29. The van der Waals surface area contributed by atoms with Gasteiger partial charge in [0.05, 0.1) is 4.91 Å². The molecular weight excluding hydrogens is 214 g/mol. The van der Waals surface area contributed by atoms with E-state index in [9.17, 15) is 4.79 Å². The number of thioether (sulfide) groups is 1. The third-order valence-electron chi connectivity index (χ3n) is 2.34. The first-order chi connectivity index (χ1) is 6.75. The summed E-state index contributed by atoms with van der Waals surface area (Å²) in [6, 6.07) is 0. The lowest BCUT2D eigenvalue weighted by Crippen LogP contribution is -2.18. The summed E-state index contributed by atoms with van der Waals surface area (Å²) in [4.78, 5) is 12.1. The van der Waals surface area contributed by atoms with Gasteiger partial charge in [-0.1, -0.05) is 42.2 Å². The van der Waals surface area contributed by atoms with Gasteiger partial charge in [0.1, 0.15) is 4.32 Å². The number of thiocarbonyl (C=S) groups is 1.